The molecule has 0 spiro atoms. The normalized spacial score (nSPS) is 12.5. The van der Waals surface area contributed by atoms with E-state index in [4.69, 9.17) is 9.97 Å². The molecule has 250 valence electrons. The second kappa shape index (κ2) is 13.0. The van der Waals surface area contributed by atoms with Crippen molar-refractivity contribution in [1.29, 1.82) is 5.26 Å². The predicted octanol–water partition coefficient (Wildman–Crippen LogP) is 12.1. The molecule has 4 heteroatoms. The molecular formula is C49H34N4. The van der Waals surface area contributed by atoms with E-state index in [2.05, 4.69) is 134 Å². The number of rotatable bonds is 6. The van der Waals surface area contributed by atoms with Crippen molar-refractivity contribution in [3.8, 4) is 84.5 Å². The summed E-state index contributed by atoms with van der Waals surface area (Å²) in [6.45, 7) is 4.50. The van der Waals surface area contributed by atoms with Crippen LogP contribution >= 0.6 is 0 Å². The molecule has 2 aromatic heterocycles. The highest BCUT2D eigenvalue weighted by atomic mass is 14.9. The molecule has 0 aliphatic heterocycles. The molecular weight excluding hydrogens is 645 g/mol. The topological polar surface area (TPSA) is 62.5 Å². The van der Waals surface area contributed by atoms with Gasteiger partial charge in [0.25, 0.3) is 0 Å². The predicted molar refractivity (Wildman–Crippen MR) is 215 cm³/mol. The molecule has 8 aromatic rings. The zero-order valence-electron chi connectivity index (χ0n) is 29.5. The molecule has 0 unspecified atom stereocenters. The first kappa shape index (κ1) is 32.0. The summed E-state index contributed by atoms with van der Waals surface area (Å²) in [5, 5.41) is 9.64. The van der Waals surface area contributed by atoms with Crippen LogP contribution in [0.5, 0.6) is 0 Å². The maximum absolute atomic E-state index is 9.64. The Bertz CT molecular complexity index is 2670. The molecule has 0 saturated carbocycles. The van der Waals surface area contributed by atoms with Crippen molar-refractivity contribution in [2.75, 3.05) is 0 Å². The van der Waals surface area contributed by atoms with E-state index >= 15 is 0 Å². The Hall–Kier alpha value is -6.96. The smallest absolute Gasteiger partial charge is 0.160 e. The van der Waals surface area contributed by atoms with Crippen LogP contribution in [0, 0.1) is 11.3 Å². The fraction of sp³-hybridized carbons (Fsp3) is 0.0612. The number of pyridine rings is 1. The second-order valence-electron chi connectivity index (χ2n) is 14.1. The van der Waals surface area contributed by atoms with E-state index in [-0.39, 0.29) is 5.41 Å². The molecule has 2 heterocycles. The third-order valence-electron chi connectivity index (χ3n) is 10.4. The van der Waals surface area contributed by atoms with Gasteiger partial charge in [-0.05, 0) is 110 Å². The van der Waals surface area contributed by atoms with Gasteiger partial charge in [0.1, 0.15) is 0 Å². The number of hydrogen-bond acceptors (Lipinski definition) is 4. The summed E-state index contributed by atoms with van der Waals surface area (Å²) in [5.41, 5.74) is 16.7. The van der Waals surface area contributed by atoms with E-state index in [0.717, 1.165) is 55.9 Å². The molecule has 0 amide bonds. The average molecular weight is 679 g/mol. The number of nitriles is 1. The molecule has 1 aliphatic rings. The van der Waals surface area contributed by atoms with Gasteiger partial charge in [-0.25, -0.2) is 9.97 Å². The highest BCUT2D eigenvalue weighted by Gasteiger charge is 2.36. The molecule has 53 heavy (non-hydrogen) atoms. The van der Waals surface area contributed by atoms with E-state index in [9.17, 15) is 5.26 Å². The number of fused-ring (bicyclic) bond motifs is 3. The van der Waals surface area contributed by atoms with Gasteiger partial charge in [-0.15, -0.1) is 0 Å². The van der Waals surface area contributed by atoms with E-state index in [1.54, 1.807) is 0 Å². The quantitative estimate of drug-likeness (QED) is 0.176. The van der Waals surface area contributed by atoms with Crippen LogP contribution in [0.4, 0.5) is 0 Å². The van der Waals surface area contributed by atoms with Crippen LogP contribution in [0.25, 0.3) is 78.4 Å². The van der Waals surface area contributed by atoms with Gasteiger partial charge in [-0.3, -0.25) is 4.98 Å². The lowest BCUT2D eigenvalue weighted by Gasteiger charge is -2.22. The monoisotopic (exact) mass is 678 g/mol. The van der Waals surface area contributed by atoms with Gasteiger partial charge in [0.05, 0.1) is 23.0 Å². The van der Waals surface area contributed by atoms with Crippen LogP contribution < -0.4 is 0 Å². The van der Waals surface area contributed by atoms with Crippen molar-refractivity contribution < 1.29 is 0 Å². The van der Waals surface area contributed by atoms with Crippen molar-refractivity contribution in [2.45, 2.75) is 19.3 Å². The van der Waals surface area contributed by atoms with Gasteiger partial charge >= 0.3 is 0 Å². The minimum atomic E-state index is -0.249. The average Bonchev–Trinajstić information content (AvgIpc) is 3.46. The Morgan fingerprint density at radius 1 is 0.434 bits per heavy atom. The van der Waals surface area contributed by atoms with Gasteiger partial charge in [0.2, 0.25) is 0 Å². The third-order valence-corrected chi connectivity index (χ3v) is 10.4. The lowest BCUT2D eigenvalue weighted by atomic mass is 9.81. The number of nitrogens with zero attached hydrogens (tertiary/aromatic N) is 4. The summed E-state index contributed by atoms with van der Waals surface area (Å²) < 4.78 is 0. The fourth-order valence-electron chi connectivity index (χ4n) is 7.56. The minimum absolute atomic E-state index is 0.249. The molecule has 0 N–H and O–H groups in total. The lowest BCUT2D eigenvalue weighted by molar-refractivity contribution is 0.660. The summed E-state index contributed by atoms with van der Waals surface area (Å²) in [4.78, 5) is 14.7. The van der Waals surface area contributed by atoms with Crippen LogP contribution in [-0.4, -0.2) is 15.0 Å². The maximum atomic E-state index is 9.64. The third kappa shape index (κ3) is 5.89. The highest BCUT2D eigenvalue weighted by molar-refractivity contribution is 5.87. The molecule has 6 aromatic carbocycles. The van der Waals surface area contributed by atoms with Gasteiger partial charge in [-0.1, -0.05) is 117 Å². The molecule has 0 saturated heterocycles. The van der Waals surface area contributed by atoms with Crippen LogP contribution in [0.3, 0.4) is 0 Å². The molecule has 9 rings (SSSR count). The molecule has 4 nitrogen and oxygen atoms in total. The first-order valence-electron chi connectivity index (χ1n) is 17.8. The van der Waals surface area contributed by atoms with E-state index in [1.807, 2.05) is 60.9 Å². The standard InChI is InChI=1S/C49H34N4/c1-49(2)44-25-32(31-50)13-19-42(44)43-20-18-38(29-45(43)49)40-26-39(35-21-23-51-24-22-35)27-41(28-40)47-30-46(36-11-7-4-8-12-36)52-48(53-47)37-16-14-34(15-17-37)33-9-5-3-6-10-33/h3-30H,1-2H3. The van der Waals surface area contributed by atoms with E-state index in [1.165, 1.54) is 27.8 Å². The van der Waals surface area contributed by atoms with E-state index in [0.29, 0.717) is 11.4 Å². The number of hydrogen-bond donors (Lipinski definition) is 0. The van der Waals surface area contributed by atoms with Crippen LogP contribution in [0.2, 0.25) is 0 Å². The van der Waals surface area contributed by atoms with Crippen LogP contribution in [0.15, 0.2) is 170 Å². The molecule has 0 fully saturated rings. The zero-order chi connectivity index (χ0) is 35.9. The lowest BCUT2D eigenvalue weighted by Crippen LogP contribution is -2.15. The summed E-state index contributed by atoms with van der Waals surface area (Å²) in [6, 6.07) is 57.3. The van der Waals surface area contributed by atoms with Crippen molar-refractivity contribution in [1.82, 2.24) is 15.0 Å². The number of aromatic nitrogens is 3. The molecule has 1 aliphatic carbocycles. The number of benzene rings is 6. The Morgan fingerprint density at radius 2 is 0.943 bits per heavy atom. The largest absolute Gasteiger partial charge is 0.265 e. The molecule has 0 radical (unpaired) electrons. The van der Waals surface area contributed by atoms with Gasteiger partial charge in [0, 0.05) is 34.5 Å². The minimum Gasteiger partial charge on any atom is -0.265 e. The Balaban J connectivity index is 1.20. The van der Waals surface area contributed by atoms with Crippen molar-refractivity contribution >= 4 is 0 Å². The summed E-state index contributed by atoms with van der Waals surface area (Å²) >= 11 is 0. The van der Waals surface area contributed by atoms with Crippen molar-refractivity contribution in [3.63, 3.8) is 0 Å². The molecule has 0 atom stereocenters. The summed E-state index contributed by atoms with van der Waals surface area (Å²) in [5.74, 6) is 0.672. The van der Waals surface area contributed by atoms with Gasteiger partial charge in [-0.2, -0.15) is 5.26 Å². The van der Waals surface area contributed by atoms with Gasteiger partial charge < -0.3 is 0 Å². The summed E-state index contributed by atoms with van der Waals surface area (Å²) in [7, 11) is 0. The SMILES string of the molecule is CC1(C)c2cc(C#N)ccc2-c2ccc(-c3cc(-c4ccncc4)cc(-c4cc(-c5ccccc5)nc(-c5ccc(-c6ccccc6)cc5)n4)c3)cc21. The highest BCUT2D eigenvalue weighted by Crippen LogP contribution is 2.50. The van der Waals surface area contributed by atoms with Crippen LogP contribution in [0.1, 0.15) is 30.5 Å². The van der Waals surface area contributed by atoms with Gasteiger partial charge in [0.15, 0.2) is 5.82 Å². The first-order valence-corrected chi connectivity index (χ1v) is 17.8. The Labute approximate surface area is 309 Å². The Kier molecular flexibility index (Phi) is 7.83. The van der Waals surface area contributed by atoms with Crippen molar-refractivity contribution in [3.05, 3.63) is 187 Å². The fourth-order valence-corrected chi connectivity index (χ4v) is 7.56. The van der Waals surface area contributed by atoms with E-state index < -0.39 is 0 Å². The maximum Gasteiger partial charge on any atom is 0.160 e. The molecule has 0 bridgehead atoms. The van der Waals surface area contributed by atoms with Crippen molar-refractivity contribution in [2.24, 2.45) is 0 Å². The van der Waals surface area contributed by atoms with Crippen LogP contribution in [-0.2, 0) is 5.41 Å². The Morgan fingerprint density at radius 3 is 1.62 bits per heavy atom. The zero-order valence-corrected chi connectivity index (χ0v) is 29.5. The first-order chi connectivity index (χ1) is 25.9. The summed E-state index contributed by atoms with van der Waals surface area (Å²) in [6.07, 6.45) is 3.67. The second-order valence-corrected chi connectivity index (χ2v) is 14.1.